The smallest absolute Gasteiger partial charge is 0.339 e. The fraction of sp³-hybridized carbons (Fsp3) is 0.158. The molecule has 5 nitrogen and oxygen atoms in total. The minimum absolute atomic E-state index is 0. The van der Waals surface area contributed by atoms with E-state index in [0.29, 0.717) is 28.2 Å². The third-order valence-electron chi connectivity index (χ3n) is 3.66. The van der Waals surface area contributed by atoms with Crippen LogP contribution in [0.3, 0.4) is 0 Å². The molecule has 0 aliphatic heterocycles. The van der Waals surface area contributed by atoms with E-state index < -0.39 is 5.97 Å². The zero-order chi connectivity index (χ0) is 17.8. The van der Waals surface area contributed by atoms with Gasteiger partial charge in [-0.3, -0.25) is 4.98 Å². The molecule has 0 amide bonds. The predicted octanol–water partition coefficient (Wildman–Crippen LogP) is 5.54. The van der Waals surface area contributed by atoms with E-state index in [0.717, 1.165) is 17.9 Å². The first kappa shape index (κ1) is 19.8. The Morgan fingerprint density at radius 3 is 2.62 bits per heavy atom. The third kappa shape index (κ3) is 4.36. The molecule has 2 N–H and O–H groups in total. The van der Waals surface area contributed by atoms with Crippen LogP contribution in [0.4, 0.5) is 11.4 Å². The summed E-state index contributed by atoms with van der Waals surface area (Å²) in [6.45, 7) is 2.70. The highest BCUT2D eigenvalue weighted by molar-refractivity contribution is 6.31. The summed E-state index contributed by atoms with van der Waals surface area (Å²) >= 11 is 6.08. The topological polar surface area (TPSA) is 71.5 Å². The molecule has 0 radical (unpaired) electrons. The number of carboxylic acid groups (broad SMARTS) is 1. The van der Waals surface area contributed by atoms with Gasteiger partial charge in [0.1, 0.15) is 11.3 Å². The van der Waals surface area contributed by atoms with E-state index in [9.17, 15) is 9.90 Å². The summed E-state index contributed by atoms with van der Waals surface area (Å²) in [6.07, 6.45) is 2.28. The Hall–Kier alpha value is -2.50. The van der Waals surface area contributed by atoms with Crippen molar-refractivity contribution in [3.8, 4) is 5.75 Å². The minimum atomic E-state index is -1.06. The number of aromatic nitrogens is 1. The van der Waals surface area contributed by atoms with Crippen molar-refractivity contribution in [2.75, 3.05) is 11.9 Å². The van der Waals surface area contributed by atoms with Gasteiger partial charge in [-0.15, -0.1) is 12.4 Å². The van der Waals surface area contributed by atoms with Crippen LogP contribution in [0.15, 0.2) is 48.7 Å². The third-order valence-corrected chi connectivity index (χ3v) is 3.89. The first-order valence-electron chi connectivity index (χ1n) is 7.90. The van der Waals surface area contributed by atoms with Gasteiger partial charge in [-0.2, -0.15) is 0 Å². The summed E-state index contributed by atoms with van der Waals surface area (Å²) in [7, 11) is 0. The van der Waals surface area contributed by atoms with Gasteiger partial charge in [-0.1, -0.05) is 18.5 Å². The maximum absolute atomic E-state index is 11.6. The Labute approximate surface area is 162 Å². The molecule has 0 spiro atoms. The second-order valence-electron chi connectivity index (χ2n) is 5.51. The van der Waals surface area contributed by atoms with Crippen LogP contribution >= 0.6 is 24.0 Å². The van der Waals surface area contributed by atoms with Crippen LogP contribution in [0.2, 0.25) is 5.02 Å². The number of carbonyl (C=O) groups is 1. The normalized spacial score (nSPS) is 10.2. The van der Waals surface area contributed by atoms with Crippen molar-refractivity contribution in [1.82, 2.24) is 4.98 Å². The van der Waals surface area contributed by atoms with Gasteiger partial charge in [0.15, 0.2) is 0 Å². The van der Waals surface area contributed by atoms with Gasteiger partial charge < -0.3 is 15.2 Å². The van der Waals surface area contributed by atoms with Gasteiger partial charge in [0.25, 0.3) is 0 Å². The van der Waals surface area contributed by atoms with Gasteiger partial charge in [0.2, 0.25) is 0 Å². The highest BCUT2D eigenvalue weighted by Gasteiger charge is 2.15. The number of fused-ring (bicyclic) bond motifs is 1. The van der Waals surface area contributed by atoms with Crippen molar-refractivity contribution in [1.29, 1.82) is 0 Å². The molecule has 0 unspecified atom stereocenters. The van der Waals surface area contributed by atoms with E-state index in [2.05, 4.69) is 10.3 Å². The molecule has 0 atom stereocenters. The zero-order valence-electron chi connectivity index (χ0n) is 14.0. The average Bonchev–Trinajstić information content (AvgIpc) is 2.61. The predicted molar refractivity (Wildman–Crippen MR) is 106 cm³/mol. The Morgan fingerprint density at radius 2 is 1.96 bits per heavy atom. The number of nitrogens with one attached hydrogen (secondary N) is 1. The number of hydrogen-bond donors (Lipinski definition) is 2. The molecule has 2 aromatic carbocycles. The Morgan fingerprint density at radius 1 is 1.23 bits per heavy atom. The molecule has 0 bridgehead atoms. The molecule has 26 heavy (non-hydrogen) atoms. The first-order chi connectivity index (χ1) is 12.1. The maximum atomic E-state index is 11.6. The highest BCUT2D eigenvalue weighted by Crippen LogP contribution is 2.31. The van der Waals surface area contributed by atoms with Gasteiger partial charge >= 0.3 is 5.97 Å². The number of rotatable bonds is 6. The van der Waals surface area contributed by atoms with Crippen LogP contribution in [-0.4, -0.2) is 22.7 Å². The molecule has 3 aromatic rings. The summed E-state index contributed by atoms with van der Waals surface area (Å²) < 4.78 is 5.56. The van der Waals surface area contributed by atoms with Crippen molar-refractivity contribution >= 4 is 52.3 Å². The van der Waals surface area contributed by atoms with Crippen molar-refractivity contribution in [2.24, 2.45) is 0 Å². The number of pyridine rings is 1. The van der Waals surface area contributed by atoms with Crippen molar-refractivity contribution in [3.05, 3.63) is 59.2 Å². The highest BCUT2D eigenvalue weighted by atomic mass is 35.5. The van der Waals surface area contributed by atoms with Crippen molar-refractivity contribution < 1.29 is 14.6 Å². The molecular formula is C19H18Cl2N2O3. The second kappa shape index (κ2) is 8.74. The van der Waals surface area contributed by atoms with Gasteiger partial charge in [0.05, 0.1) is 17.8 Å². The molecule has 1 aromatic heterocycles. The number of anilines is 2. The summed E-state index contributed by atoms with van der Waals surface area (Å²) in [5.41, 5.74) is 1.96. The van der Waals surface area contributed by atoms with E-state index in [-0.39, 0.29) is 18.0 Å². The van der Waals surface area contributed by atoms with E-state index >= 15 is 0 Å². The Balaban J connectivity index is 0.00000243. The lowest BCUT2D eigenvalue weighted by Crippen LogP contribution is -2.05. The fourth-order valence-electron chi connectivity index (χ4n) is 2.46. The minimum Gasteiger partial charge on any atom is -0.494 e. The lowest BCUT2D eigenvalue weighted by Gasteiger charge is -2.13. The summed E-state index contributed by atoms with van der Waals surface area (Å²) in [5, 5.41) is 13.8. The van der Waals surface area contributed by atoms with E-state index in [4.69, 9.17) is 16.3 Å². The monoisotopic (exact) mass is 392 g/mol. The second-order valence-corrected chi connectivity index (χ2v) is 5.95. The number of ether oxygens (including phenoxy) is 1. The van der Waals surface area contributed by atoms with Crippen molar-refractivity contribution in [2.45, 2.75) is 13.3 Å². The van der Waals surface area contributed by atoms with Crippen LogP contribution in [0, 0.1) is 0 Å². The largest absolute Gasteiger partial charge is 0.494 e. The van der Waals surface area contributed by atoms with Gasteiger partial charge in [-0.05, 0) is 48.9 Å². The van der Waals surface area contributed by atoms with Crippen LogP contribution in [0.25, 0.3) is 10.9 Å². The first-order valence-corrected chi connectivity index (χ1v) is 8.27. The number of carboxylic acids is 1. The Bertz CT molecular complexity index is 915. The number of aromatic carboxylic acids is 1. The number of hydrogen-bond acceptors (Lipinski definition) is 4. The molecule has 1 heterocycles. The molecule has 0 fully saturated rings. The SMILES string of the molecule is CCCOc1ccc(Nc2c(C(=O)O)cnc3ccc(Cl)cc23)cc1.Cl. The van der Waals surface area contributed by atoms with Crippen LogP contribution < -0.4 is 10.1 Å². The zero-order valence-corrected chi connectivity index (χ0v) is 15.6. The maximum Gasteiger partial charge on any atom is 0.339 e. The fourth-order valence-corrected chi connectivity index (χ4v) is 2.63. The molecule has 0 aliphatic carbocycles. The van der Waals surface area contributed by atoms with Gasteiger partial charge in [0, 0.05) is 22.3 Å². The van der Waals surface area contributed by atoms with E-state index in [1.54, 1.807) is 18.2 Å². The summed E-state index contributed by atoms with van der Waals surface area (Å²) in [5.74, 6) is -0.284. The molecule has 0 aliphatic rings. The molecule has 0 saturated carbocycles. The van der Waals surface area contributed by atoms with Crippen molar-refractivity contribution in [3.63, 3.8) is 0 Å². The average molecular weight is 393 g/mol. The molecule has 136 valence electrons. The summed E-state index contributed by atoms with van der Waals surface area (Å²) in [4.78, 5) is 15.8. The summed E-state index contributed by atoms with van der Waals surface area (Å²) in [6, 6.07) is 12.6. The van der Waals surface area contributed by atoms with Gasteiger partial charge in [-0.25, -0.2) is 4.79 Å². The lowest BCUT2D eigenvalue weighted by molar-refractivity contribution is 0.0697. The molecule has 7 heteroatoms. The standard InChI is InChI=1S/C19H17ClN2O3.ClH/c1-2-9-25-14-6-4-13(5-7-14)22-18-15-10-12(20)3-8-17(15)21-11-16(18)19(23)24;/h3-8,10-11H,2,9H2,1H3,(H,21,22)(H,23,24);1H. The van der Waals surface area contributed by atoms with Crippen LogP contribution in [0.1, 0.15) is 23.7 Å². The number of halogens is 2. The van der Waals surface area contributed by atoms with E-state index in [1.165, 1.54) is 6.20 Å². The van der Waals surface area contributed by atoms with Crippen LogP contribution in [0.5, 0.6) is 5.75 Å². The number of nitrogens with zero attached hydrogens (tertiary/aromatic N) is 1. The number of benzene rings is 2. The molecule has 3 rings (SSSR count). The Kier molecular flexibility index (Phi) is 6.66. The lowest BCUT2D eigenvalue weighted by atomic mass is 10.1. The molecule has 0 saturated heterocycles. The van der Waals surface area contributed by atoms with Crippen LogP contribution in [-0.2, 0) is 0 Å². The van der Waals surface area contributed by atoms with E-state index in [1.807, 2.05) is 31.2 Å². The quantitative estimate of drug-likeness (QED) is 0.575. The molecular weight excluding hydrogens is 375 g/mol.